The van der Waals surface area contributed by atoms with Crippen molar-refractivity contribution in [1.29, 1.82) is 0 Å². The van der Waals surface area contributed by atoms with Crippen molar-refractivity contribution in [2.45, 2.75) is 25.8 Å². The molecule has 3 unspecified atom stereocenters. The van der Waals surface area contributed by atoms with E-state index >= 15 is 0 Å². The van der Waals surface area contributed by atoms with E-state index in [4.69, 9.17) is 10.8 Å². The van der Waals surface area contributed by atoms with Gasteiger partial charge < -0.3 is 20.6 Å². The molecule has 2 fully saturated rings. The number of carbonyl (C=O) groups excluding carboxylic acids is 1. The summed E-state index contributed by atoms with van der Waals surface area (Å²) in [5, 5.41) is 9.06. The predicted octanol–water partition coefficient (Wildman–Crippen LogP) is 0.182. The Labute approximate surface area is 107 Å². The Hall–Kier alpha value is -1.30. The predicted molar refractivity (Wildman–Crippen MR) is 66.0 cm³/mol. The SMILES string of the molecule is CC1C(C(=O)O)CCN1C(=O)N1CCC(CN)C1. The first-order valence-corrected chi connectivity index (χ1v) is 6.53. The first-order valence-electron chi connectivity index (χ1n) is 6.53. The van der Waals surface area contributed by atoms with E-state index < -0.39 is 11.9 Å². The standard InChI is InChI=1S/C12H21N3O3/c1-8-10(11(16)17)3-5-15(8)12(18)14-4-2-9(6-13)7-14/h8-10H,2-7,13H2,1H3,(H,16,17). The molecule has 0 aliphatic carbocycles. The summed E-state index contributed by atoms with van der Waals surface area (Å²) in [6.07, 6.45) is 1.50. The minimum atomic E-state index is -0.806. The van der Waals surface area contributed by atoms with Gasteiger partial charge in [-0.05, 0) is 32.2 Å². The van der Waals surface area contributed by atoms with Crippen molar-refractivity contribution < 1.29 is 14.7 Å². The van der Waals surface area contributed by atoms with E-state index in [1.165, 1.54) is 0 Å². The highest BCUT2D eigenvalue weighted by Gasteiger charge is 2.40. The molecule has 2 rings (SSSR count). The second kappa shape index (κ2) is 5.14. The lowest BCUT2D eigenvalue weighted by Gasteiger charge is -2.28. The van der Waals surface area contributed by atoms with Crippen LogP contribution < -0.4 is 5.73 Å². The Morgan fingerprint density at radius 2 is 2.06 bits per heavy atom. The van der Waals surface area contributed by atoms with Crippen LogP contribution in [0.25, 0.3) is 0 Å². The number of nitrogens with zero attached hydrogens (tertiary/aromatic N) is 2. The highest BCUT2D eigenvalue weighted by atomic mass is 16.4. The maximum atomic E-state index is 12.3. The molecular formula is C12H21N3O3. The fourth-order valence-corrected chi connectivity index (χ4v) is 2.92. The van der Waals surface area contributed by atoms with Gasteiger partial charge in [0.2, 0.25) is 0 Å². The summed E-state index contributed by atoms with van der Waals surface area (Å²) in [4.78, 5) is 26.8. The van der Waals surface area contributed by atoms with Gasteiger partial charge in [-0.3, -0.25) is 4.79 Å². The van der Waals surface area contributed by atoms with Gasteiger partial charge in [-0.15, -0.1) is 0 Å². The molecule has 2 saturated heterocycles. The van der Waals surface area contributed by atoms with Gasteiger partial charge in [0.25, 0.3) is 0 Å². The quantitative estimate of drug-likeness (QED) is 0.737. The van der Waals surface area contributed by atoms with Crippen LogP contribution in [-0.4, -0.2) is 59.1 Å². The van der Waals surface area contributed by atoms with E-state index in [0.717, 1.165) is 13.0 Å². The number of urea groups is 1. The summed E-state index contributed by atoms with van der Waals surface area (Å²) in [6, 6.07) is -0.242. The van der Waals surface area contributed by atoms with Gasteiger partial charge in [-0.2, -0.15) is 0 Å². The van der Waals surface area contributed by atoms with Crippen molar-refractivity contribution in [3.05, 3.63) is 0 Å². The number of amides is 2. The van der Waals surface area contributed by atoms with E-state index in [0.29, 0.717) is 32.0 Å². The lowest BCUT2D eigenvalue weighted by atomic mass is 10.0. The first-order chi connectivity index (χ1) is 8.54. The molecular weight excluding hydrogens is 234 g/mol. The second-order valence-corrected chi connectivity index (χ2v) is 5.29. The highest BCUT2D eigenvalue weighted by molar-refractivity contribution is 5.78. The number of aliphatic carboxylic acids is 1. The third-order valence-electron chi connectivity index (χ3n) is 4.21. The molecule has 3 N–H and O–H groups in total. The Bertz CT molecular complexity index is 347. The molecule has 2 heterocycles. The molecule has 0 aromatic carbocycles. The summed E-state index contributed by atoms with van der Waals surface area (Å²) >= 11 is 0. The number of hydrogen-bond donors (Lipinski definition) is 2. The molecule has 2 aliphatic heterocycles. The van der Waals surface area contributed by atoms with Crippen LogP contribution in [0.5, 0.6) is 0 Å². The fourth-order valence-electron chi connectivity index (χ4n) is 2.92. The molecule has 0 aromatic heterocycles. The molecule has 2 aliphatic rings. The maximum absolute atomic E-state index is 12.3. The number of carboxylic acid groups (broad SMARTS) is 1. The van der Waals surface area contributed by atoms with E-state index in [-0.39, 0.29) is 12.1 Å². The van der Waals surface area contributed by atoms with Crippen molar-refractivity contribution in [2.24, 2.45) is 17.6 Å². The van der Waals surface area contributed by atoms with Crippen LogP contribution in [0.4, 0.5) is 4.79 Å². The van der Waals surface area contributed by atoms with Crippen molar-refractivity contribution in [3.63, 3.8) is 0 Å². The highest BCUT2D eigenvalue weighted by Crippen LogP contribution is 2.27. The minimum absolute atomic E-state index is 0.0257. The van der Waals surface area contributed by atoms with Crippen LogP contribution >= 0.6 is 0 Å². The average molecular weight is 255 g/mol. The zero-order chi connectivity index (χ0) is 13.3. The van der Waals surface area contributed by atoms with Crippen LogP contribution in [0.15, 0.2) is 0 Å². The van der Waals surface area contributed by atoms with Gasteiger partial charge in [0, 0.05) is 25.7 Å². The molecule has 0 aromatic rings. The molecule has 3 atom stereocenters. The van der Waals surface area contributed by atoms with Crippen LogP contribution in [-0.2, 0) is 4.79 Å². The smallest absolute Gasteiger partial charge is 0.320 e. The molecule has 0 radical (unpaired) electrons. The summed E-state index contributed by atoms with van der Waals surface area (Å²) < 4.78 is 0. The maximum Gasteiger partial charge on any atom is 0.320 e. The van der Waals surface area contributed by atoms with Crippen molar-refractivity contribution in [1.82, 2.24) is 9.80 Å². The number of likely N-dealkylation sites (tertiary alicyclic amines) is 2. The van der Waals surface area contributed by atoms with Gasteiger partial charge in [0.15, 0.2) is 0 Å². The van der Waals surface area contributed by atoms with E-state index in [9.17, 15) is 9.59 Å². The summed E-state index contributed by atoms with van der Waals surface area (Å²) in [6.45, 7) is 4.41. The third kappa shape index (κ3) is 2.29. The topological polar surface area (TPSA) is 86.9 Å². The Kier molecular flexibility index (Phi) is 3.75. The Morgan fingerprint density at radius 1 is 1.33 bits per heavy atom. The Morgan fingerprint density at radius 3 is 2.56 bits per heavy atom. The van der Waals surface area contributed by atoms with E-state index in [1.54, 1.807) is 9.80 Å². The van der Waals surface area contributed by atoms with Gasteiger partial charge >= 0.3 is 12.0 Å². The number of rotatable bonds is 2. The van der Waals surface area contributed by atoms with E-state index in [2.05, 4.69) is 0 Å². The average Bonchev–Trinajstić information content (AvgIpc) is 2.94. The van der Waals surface area contributed by atoms with Gasteiger partial charge in [0.05, 0.1) is 5.92 Å². The summed E-state index contributed by atoms with van der Waals surface area (Å²) in [7, 11) is 0. The molecule has 6 nitrogen and oxygen atoms in total. The van der Waals surface area contributed by atoms with Gasteiger partial charge in [0.1, 0.15) is 0 Å². The van der Waals surface area contributed by atoms with Crippen molar-refractivity contribution >= 4 is 12.0 Å². The summed E-state index contributed by atoms with van der Waals surface area (Å²) in [5.74, 6) is -0.844. The first kappa shape index (κ1) is 13.1. The van der Waals surface area contributed by atoms with E-state index in [1.807, 2.05) is 6.92 Å². The second-order valence-electron chi connectivity index (χ2n) is 5.29. The molecule has 2 amide bonds. The van der Waals surface area contributed by atoms with Crippen molar-refractivity contribution in [2.75, 3.05) is 26.2 Å². The molecule has 0 saturated carbocycles. The molecule has 18 heavy (non-hydrogen) atoms. The largest absolute Gasteiger partial charge is 0.481 e. The van der Waals surface area contributed by atoms with Crippen LogP contribution in [0.3, 0.4) is 0 Å². The minimum Gasteiger partial charge on any atom is -0.481 e. The normalized spacial score (nSPS) is 32.0. The summed E-state index contributed by atoms with van der Waals surface area (Å²) in [5.41, 5.74) is 5.61. The fraction of sp³-hybridized carbons (Fsp3) is 0.833. The van der Waals surface area contributed by atoms with Crippen LogP contribution in [0, 0.1) is 11.8 Å². The lowest BCUT2D eigenvalue weighted by Crippen LogP contribution is -2.45. The van der Waals surface area contributed by atoms with Crippen LogP contribution in [0.1, 0.15) is 19.8 Å². The number of carbonyl (C=O) groups is 2. The third-order valence-corrected chi connectivity index (χ3v) is 4.21. The van der Waals surface area contributed by atoms with Crippen molar-refractivity contribution in [3.8, 4) is 0 Å². The van der Waals surface area contributed by atoms with Crippen LogP contribution in [0.2, 0.25) is 0 Å². The molecule has 0 bridgehead atoms. The number of carboxylic acids is 1. The molecule has 0 spiro atoms. The monoisotopic (exact) mass is 255 g/mol. The lowest BCUT2D eigenvalue weighted by molar-refractivity contribution is -0.142. The van der Waals surface area contributed by atoms with Gasteiger partial charge in [-0.25, -0.2) is 4.79 Å². The zero-order valence-corrected chi connectivity index (χ0v) is 10.7. The molecule has 102 valence electrons. The number of hydrogen-bond acceptors (Lipinski definition) is 3. The molecule has 6 heteroatoms. The zero-order valence-electron chi connectivity index (χ0n) is 10.7. The number of nitrogens with two attached hydrogens (primary N) is 1. The van der Waals surface area contributed by atoms with Gasteiger partial charge in [-0.1, -0.05) is 0 Å². The Balaban J connectivity index is 1.96.